The molecule has 0 aliphatic heterocycles. The number of para-hydroxylation sites is 1. The van der Waals surface area contributed by atoms with E-state index in [-0.39, 0.29) is 24.8 Å². The highest BCUT2D eigenvalue weighted by atomic mass is 16.4. The summed E-state index contributed by atoms with van der Waals surface area (Å²) in [5, 5.41) is 8.68. The van der Waals surface area contributed by atoms with Gasteiger partial charge in [-0.1, -0.05) is 18.2 Å². The van der Waals surface area contributed by atoms with Crippen molar-refractivity contribution in [3.05, 3.63) is 30.3 Å². The maximum atomic E-state index is 11.7. The first-order valence-corrected chi connectivity index (χ1v) is 6.56. The Morgan fingerprint density at radius 1 is 1.14 bits per heavy atom. The molecule has 1 rings (SSSR count). The van der Waals surface area contributed by atoms with Crippen LogP contribution >= 0.6 is 0 Å². The first kappa shape index (κ1) is 16.5. The van der Waals surface area contributed by atoms with Crippen molar-refractivity contribution in [3.8, 4) is 0 Å². The van der Waals surface area contributed by atoms with Gasteiger partial charge in [-0.15, -0.1) is 0 Å². The van der Waals surface area contributed by atoms with Crippen molar-refractivity contribution < 1.29 is 19.5 Å². The molecule has 0 bridgehead atoms. The number of benzene rings is 1. The van der Waals surface area contributed by atoms with E-state index in [1.807, 2.05) is 30.3 Å². The largest absolute Gasteiger partial charge is 0.481 e. The third-order valence-corrected chi connectivity index (χ3v) is 2.65. The Labute approximate surface area is 122 Å². The smallest absolute Gasteiger partial charge is 0.303 e. The number of hydrazine groups is 1. The number of carbonyl (C=O) groups excluding carboxylic acids is 2. The zero-order chi connectivity index (χ0) is 15.7. The van der Waals surface area contributed by atoms with E-state index < -0.39 is 5.97 Å². The van der Waals surface area contributed by atoms with Crippen LogP contribution in [0.2, 0.25) is 0 Å². The molecule has 0 radical (unpaired) electrons. The van der Waals surface area contributed by atoms with Crippen LogP contribution in [0.25, 0.3) is 0 Å². The van der Waals surface area contributed by atoms with Gasteiger partial charge in [0.25, 0.3) is 5.91 Å². The fourth-order valence-electron chi connectivity index (χ4n) is 1.73. The highest BCUT2D eigenvalue weighted by Crippen LogP contribution is 2.13. The summed E-state index contributed by atoms with van der Waals surface area (Å²) in [6.07, 6.45) is 0.467. The molecule has 21 heavy (non-hydrogen) atoms. The Morgan fingerprint density at radius 3 is 2.38 bits per heavy atom. The number of nitrogens with one attached hydrogen (secondary N) is 2. The zero-order valence-electron chi connectivity index (χ0n) is 11.8. The van der Waals surface area contributed by atoms with E-state index in [4.69, 9.17) is 5.11 Å². The molecule has 0 aliphatic carbocycles. The monoisotopic (exact) mass is 293 g/mol. The number of carbonyl (C=O) groups is 3. The number of anilines is 1. The second kappa shape index (κ2) is 8.57. The van der Waals surface area contributed by atoms with Gasteiger partial charge in [-0.2, -0.15) is 0 Å². The molecule has 0 unspecified atom stereocenters. The molecular weight excluding hydrogens is 274 g/mol. The number of carboxylic acids is 1. The first-order chi connectivity index (χ1) is 9.99. The maximum absolute atomic E-state index is 11.7. The van der Waals surface area contributed by atoms with Crippen LogP contribution in [0.5, 0.6) is 0 Å². The normalized spacial score (nSPS) is 9.76. The van der Waals surface area contributed by atoms with Crippen LogP contribution in [-0.4, -0.2) is 36.0 Å². The highest BCUT2D eigenvalue weighted by Gasteiger charge is 2.12. The minimum Gasteiger partial charge on any atom is -0.481 e. The van der Waals surface area contributed by atoms with E-state index in [0.29, 0.717) is 13.0 Å². The van der Waals surface area contributed by atoms with Gasteiger partial charge in [0, 0.05) is 25.6 Å². The number of amides is 2. The second-order valence-corrected chi connectivity index (χ2v) is 4.48. The minimum atomic E-state index is -0.870. The van der Waals surface area contributed by atoms with Crippen LogP contribution in [0.3, 0.4) is 0 Å². The van der Waals surface area contributed by atoms with Crippen LogP contribution in [0, 0.1) is 0 Å². The van der Waals surface area contributed by atoms with Gasteiger partial charge in [0.05, 0.1) is 6.54 Å². The molecule has 0 aromatic heterocycles. The van der Waals surface area contributed by atoms with Crippen molar-refractivity contribution >= 4 is 23.5 Å². The Kier molecular flexibility index (Phi) is 6.73. The quantitative estimate of drug-likeness (QED) is 0.637. The molecule has 0 fully saturated rings. The zero-order valence-corrected chi connectivity index (χ0v) is 11.8. The Balaban J connectivity index is 2.61. The molecule has 1 aromatic rings. The van der Waals surface area contributed by atoms with Crippen LogP contribution in [0.1, 0.15) is 19.8 Å². The number of hydrogen-bond acceptors (Lipinski definition) is 4. The number of rotatable bonds is 7. The molecule has 1 aromatic carbocycles. The van der Waals surface area contributed by atoms with Gasteiger partial charge in [0.2, 0.25) is 5.91 Å². The van der Waals surface area contributed by atoms with Gasteiger partial charge < -0.3 is 10.0 Å². The van der Waals surface area contributed by atoms with E-state index >= 15 is 0 Å². The summed E-state index contributed by atoms with van der Waals surface area (Å²) in [5.41, 5.74) is 5.32. The molecule has 0 atom stereocenters. The molecular formula is C14H19N3O4. The summed E-state index contributed by atoms with van der Waals surface area (Å²) in [6, 6.07) is 9.21. The fourth-order valence-corrected chi connectivity index (χ4v) is 1.73. The molecule has 3 N–H and O–H groups in total. The number of hydrogen-bond donors (Lipinski definition) is 3. The lowest BCUT2D eigenvalue weighted by Crippen LogP contribution is -2.46. The summed E-state index contributed by atoms with van der Waals surface area (Å²) >= 11 is 0. The van der Waals surface area contributed by atoms with Gasteiger partial charge in [-0.25, -0.2) is 0 Å². The number of aliphatic carboxylic acids is 1. The standard InChI is InChI=1S/C14H19N3O4/c1-11(18)15-16-13(19)10-17(9-5-8-14(20)21)12-6-3-2-4-7-12/h2-4,6-7H,5,8-10H2,1H3,(H,15,18)(H,16,19)(H,20,21). The fraction of sp³-hybridized carbons (Fsp3) is 0.357. The van der Waals surface area contributed by atoms with Crippen molar-refractivity contribution in [2.45, 2.75) is 19.8 Å². The van der Waals surface area contributed by atoms with Crippen molar-refractivity contribution in [2.24, 2.45) is 0 Å². The van der Waals surface area contributed by atoms with Gasteiger partial charge in [0.15, 0.2) is 0 Å². The number of nitrogens with zero attached hydrogens (tertiary/aromatic N) is 1. The molecule has 0 saturated carbocycles. The van der Waals surface area contributed by atoms with E-state index in [0.717, 1.165) is 5.69 Å². The van der Waals surface area contributed by atoms with Crippen molar-refractivity contribution in [1.82, 2.24) is 10.9 Å². The van der Waals surface area contributed by atoms with E-state index in [1.165, 1.54) is 6.92 Å². The second-order valence-electron chi connectivity index (χ2n) is 4.48. The van der Waals surface area contributed by atoms with E-state index in [9.17, 15) is 14.4 Å². The third-order valence-electron chi connectivity index (χ3n) is 2.65. The first-order valence-electron chi connectivity index (χ1n) is 6.56. The van der Waals surface area contributed by atoms with E-state index in [1.54, 1.807) is 4.90 Å². The van der Waals surface area contributed by atoms with Gasteiger partial charge in [-0.05, 0) is 18.6 Å². The minimum absolute atomic E-state index is 0.0317. The lowest BCUT2D eigenvalue weighted by molar-refractivity contribution is -0.137. The van der Waals surface area contributed by atoms with Gasteiger partial charge >= 0.3 is 5.97 Å². The topological polar surface area (TPSA) is 98.7 Å². The summed E-state index contributed by atoms with van der Waals surface area (Å²) < 4.78 is 0. The molecule has 2 amide bonds. The third kappa shape index (κ3) is 6.95. The molecule has 0 saturated heterocycles. The lowest BCUT2D eigenvalue weighted by Gasteiger charge is -2.24. The Hall–Kier alpha value is -2.57. The van der Waals surface area contributed by atoms with Crippen LogP contribution in [0.15, 0.2) is 30.3 Å². The number of carboxylic acid groups (broad SMARTS) is 1. The molecule has 114 valence electrons. The van der Waals surface area contributed by atoms with Gasteiger partial charge in [-0.3, -0.25) is 25.2 Å². The molecule has 7 nitrogen and oxygen atoms in total. The van der Waals surface area contributed by atoms with Crippen molar-refractivity contribution in [1.29, 1.82) is 0 Å². The van der Waals surface area contributed by atoms with Crippen molar-refractivity contribution in [2.75, 3.05) is 18.0 Å². The maximum Gasteiger partial charge on any atom is 0.303 e. The SMILES string of the molecule is CC(=O)NNC(=O)CN(CCCC(=O)O)c1ccccc1. The average molecular weight is 293 g/mol. The summed E-state index contributed by atoms with van der Waals surface area (Å²) in [5.74, 6) is -1.60. The Morgan fingerprint density at radius 2 is 1.81 bits per heavy atom. The molecule has 0 aliphatic rings. The van der Waals surface area contributed by atoms with Crippen LogP contribution in [-0.2, 0) is 14.4 Å². The summed E-state index contributed by atoms with van der Waals surface area (Å²) in [4.78, 5) is 34.8. The molecule has 7 heteroatoms. The summed E-state index contributed by atoms with van der Waals surface area (Å²) in [6.45, 7) is 1.76. The average Bonchev–Trinajstić information content (AvgIpc) is 2.44. The Bertz CT molecular complexity index is 490. The predicted molar refractivity (Wildman–Crippen MR) is 77.5 cm³/mol. The molecule has 0 heterocycles. The highest BCUT2D eigenvalue weighted by molar-refractivity contribution is 5.84. The summed E-state index contributed by atoms with van der Waals surface area (Å²) in [7, 11) is 0. The van der Waals surface area contributed by atoms with Crippen molar-refractivity contribution in [3.63, 3.8) is 0 Å². The van der Waals surface area contributed by atoms with Crippen LogP contribution in [0.4, 0.5) is 5.69 Å². The predicted octanol–water partition coefficient (Wildman–Crippen LogP) is 0.525. The molecule has 0 spiro atoms. The lowest BCUT2D eigenvalue weighted by atomic mass is 10.2. The van der Waals surface area contributed by atoms with E-state index in [2.05, 4.69) is 10.9 Å². The van der Waals surface area contributed by atoms with Gasteiger partial charge in [0.1, 0.15) is 0 Å². The van der Waals surface area contributed by atoms with Crippen LogP contribution < -0.4 is 15.8 Å².